The van der Waals surface area contributed by atoms with Crippen molar-refractivity contribution >= 4 is 34.3 Å². The molecule has 1 aliphatic rings. The number of hydrogen-bond donors (Lipinski definition) is 0. The molecule has 1 aromatic heterocycles. The van der Waals surface area contributed by atoms with Crippen LogP contribution in [0.3, 0.4) is 0 Å². The molecule has 2 aromatic rings. The Morgan fingerprint density at radius 2 is 1.92 bits per heavy atom. The molecule has 0 bridgehead atoms. The van der Waals surface area contributed by atoms with Crippen molar-refractivity contribution in [3.8, 4) is 0 Å². The van der Waals surface area contributed by atoms with Crippen LogP contribution in [0, 0.1) is 0 Å². The predicted molar refractivity (Wildman–Crippen MR) is 94.2 cm³/mol. The second kappa shape index (κ2) is 5.58. The van der Waals surface area contributed by atoms with Crippen LogP contribution in [0.15, 0.2) is 29.3 Å². The lowest BCUT2D eigenvalue weighted by atomic mass is 9.90. The van der Waals surface area contributed by atoms with E-state index in [-0.39, 0.29) is 11.9 Å². The molecule has 0 N–H and O–H groups in total. The van der Waals surface area contributed by atoms with E-state index in [1.165, 1.54) is 6.92 Å². The number of benzene rings is 1. The Balaban J connectivity index is 2.24. The molecule has 5 heteroatoms. The van der Waals surface area contributed by atoms with Crippen LogP contribution in [-0.4, -0.2) is 27.8 Å². The van der Waals surface area contributed by atoms with Gasteiger partial charge in [-0.25, -0.2) is 4.99 Å². The number of aliphatic imine (C=N–C) groups is 1. The maximum Gasteiger partial charge on any atom is 0.314 e. The summed E-state index contributed by atoms with van der Waals surface area (Å²) < 4.78 is 7.20. The smallest absolute Gasteiger partial charge is 0.314 e. The van der Waals surface area contributed by atoms with E-state index >= 15 is 0 Å². The quantitative estimate of drug-likeness (QED) is 0.737. The van der Waals surface area contributed by atoms with Crippen molar-refractivity contribution in [1.29, 1.82) is 0 Å². The van der Waals surface area contributed by atoms with Crippen LogP contribution in [-0.2, 0) is 9.53 Å². The number of carbonyl (C=O) groups is 2. The van der Waals surface area contributed by atoms with Crippen molar-refractivity contribution in [2.75, 3.05) is 0 Å². The Bertz CT molecular complexity index is 869. The molecule has 2 heterocycles. The first kappa shape index (κ1) is 16.4. The van der Waals surface area contributed by atoms with Gasteiger partial charge in [0.1, 0.15) is 11.4 Å². The second-order valence-electron chi connectivity index (χ2n) is 7.25. The van der Waals surface area contributed by atoms with E-state index in [9.17, 15) is 9.59 Å². The Morgan fingerprint density at radius 3 is 2.54 bits per heavy atom. The molecule has 1 atom stereocenters. The van der Waals surface area contributed by atoms with E-state index < -0.39 is 11.5 Å². The first-order chi connectivity index (χ1) is 11.2. The van der Waals surface area contributed by atoms with Gasteiger partial charge in [0.15, 0.2) is 0 Å². The number of aromatic nitrogens is 1. The second-order valence-corrected chi connectivity index (χ2v) is 7.25. The SMILES string of the molecule is CC(=O)n1c2c(c3ccccc31)C(C(=O)OC(C)(C)C)CC(C)=N2. The van der Waals surface area contributed by atoms with Gasteiger partial charge in [-0.3, -0.25) is 14.2 Å². The van der Waals surface area contributed by atoms with Gasteiger partial charge in [0.2, 0.25) is 5.91 Å². The van der Waals surface area contributed by atoms with Crippen LogP contribution in [0.2, 0.25) is 0 Å². The molecule has 0 spiro atoms. The van der Waals surface area contributed by atoms with Gasteiger partial charge in [-0.05, 0) is 33.8 Å². The average Bonchev–Trinajstić information content (AvgIpc) is 2.78. The number of carbonyl (C=O) groups excluding carboxylic acids is 2. The third kappa shape index (κ3) is 2.75. The molecule has 1 unspecified atom stereocenters. The molecule has 0 saturated carbocycles. The molecular weight excluding hydrogens is 304 g/mol. The Morgan fingerprint density at radius 1 is 1.25 bits per heavy atom. The number of esters is 1. The van der Waals surface area contributed by atoms with E-state index in [1.807, 2.05) is 52.0 Å². The molecule has 0 fully saturated rings. The third-order valence-corrected chi connectivity index (χ3v) is 4.04. The van der Waals surface area contributed by atoms with E-state index in [1.54, 1.807) is 4.57 Å². The number of nitrogens with zero attached hydrogens (tertiary/aromatic N) is 2. The normalized spacial score (nSPS) is 17.4. The molecule has 24 heavy (non-hydrogen) atoms. The van der Waals surface area contributed by atoms with E-state index in [0.29, 0.717) is 12.2 Å². The summed E-state index contributed by atoms with van der Waals surface area (Å²) in [5.41, 5.74) is 1.84. The molecule has 1 aliphatic heterocycles. The highest BCUT2D eigenvalue weighted by molar-refractivity contribution is 6.06. The van der Waals surface area contributed by atoms with E-state index in [2.05, 4.69) is 4.99 Å². The Kier molecular flexibility index (Phi) is 3.82. The van der Waals surface area contributed by atoms with Crippen LogP contribution < -0.4 is 0 Å². The lowest BCUT2D eigenvalue weighted by Crippen LogP contribution is -2.29. The van der Waals surface area contributed by atoms with E-state index in [0.717, 1.165) is 22.2 Å². The minimum Gasteiger partial charge on any atom is -0.459 e. The minimum atomic E-state index is -0.557. The molecule has 0 aliphatic carbocycles. The maximum atomic E-state index is 12.8. The zero-order valence-corrected chi connectivity index (χ0v) is 14.7. The molecule has 5 nitrogen and oxygen atoms in total. The summed E-state index contributed by atoms with van der Waals surface area (Å²) in [6.45, 7) is 8.95. The number of para-hydroxylation sites is 1. The van der Waals surface area contributed by atoms with Crippen LogP contribution in [0.4, 0.5) is 5.82 Å². The first-order valence-corrected chi connectivity index (χ1v) is 8.10. The van der Waals surface area contributed by atoms with Crippen molar-refractivity contribution < 1.29 is 14.3 Å². The van der Waals surface area contributed by atoms with Gasteiger partial charge < -0.3 is 4.74 Å². The van der Waals surface area contributed by atoms with Crippen LogP contribution in [0.1, 0.15) is 57.3 Å². The van der Waals surface area contributed by atoms with Crippen molar-refractivity contribution in [2.45, 2.75) is 52.6 Å². The number of rotatable bonds is 1. The summed E-state index contributed by atoms with van der Waals surface area (Å²) in [5, 5.41) is 0.884. The highest BCUT2D eigenvalue weighted by Crippen LogP contribution is 2.43. The van der Waals surface area contributed by atoms with Crippen molar-refractivity contribution in [3.05, 3.63) is 29.8 Å². The molecular formula is C19H22N2O3. The zero-order chi connectivity index (χ0) is 17.6. The minimum absolute atomic E-state index is 0.117. The lowest BCUT2D eigenvalue weighted by Gasteiger charge is -2.26. The fraction of sp³-hybridized carbons (Fsp3) is 0.421. The monoisotopic (exact) mass is 326 g/mol. The average molecular weight is 326 g/mol. The lowest BCUT2D eigenvalue weighted by molar-refractivity contribution is -0.156. The standard InChI is InChI=1S/C19H22N2O3/c1-11-10-14(18(23)24-19(3,4)5)16-13-8-6-7-9-15(13)21(12(2)22)17(16)20-11/h6-9,14H,10H2,1-5H3. The van der Waals surface area contributed by atoms with Gasteiger partial charge in [0.25, 0.3) is 0 Å². The summed E-state index contributed by atoms with van der Waals surface area (Å²) in [6, 6.07) is 7.60. The van der Waals surface area contributed by atoms with Crippen molar-refractivity contribution in [3.63, 3.8) is 0 Å². The van der Waals surface area contributed by atoms with Gasteiger partial charge in [0, 0.05) is 30.0 Å². The molecule has 126 valence electrons. The predicted octanol–water partition coefficient (Wildman–Crippen LogP) is 4.22. The van der Waals surface area contributed by atoms with Crippen LogP contribution in [0.5, 0.6) is 0 Å². The van der Waals surface area contributed by atoms with Gasteiger partial charge in [0.05, 0.1) is 11.4 Å². The highest BCUT2D eigenvalue weighted by atomic mass is 16.6. The largest absolute Gasteiger partial charge is 0.459 e. The summed E-state index contributed by atoms with van der Waals surface area (Å²) in [6.07, 6.45) is 0.508. The van der Waals surface area contributed by atoms with Crippen molar-refractivity contribution in [1.82, 2.24) is 4.57 Å². The number of fused-ring (bicyclic) bond motifs is 3. The van der Waals surface area contributed by atoms with Crippen LogP contribution in [0.25, 0.3) is 10.9 Å². The first-order valence-electron chi connectivity index (χ1n) is 8.10. The van der Waals surface area contributed by atoms with E-state index in [4.69, 9.17) is 4.74 Å². The Hall–Kier alpha value is -2.43. The van der Waals surface area contributed by atoms with Gasteiger partial charge in [-0.15, -0.1) is 0 Å². The van der Waals surface area contributed by atoms with Gasteiger partial charge in [-0.2, -0.15) is 0 Å². The Labute approximate surface area is 141 Å². The zero-order valence-electron chi connectivity index (χ0n) is 14.7. The van der Waals surface area contributed by atoms with Gasteiger partial charge in [-0.1, -0.05) is 18.2 Å². The van der Waals surface area contributed by atoms with Crippen LogP contribution >= 0.6 is 0 Å². The summed E-state index contributed by atoms with van der Waals surface area (Å²) in [5.74, 6) is -0.274. The topological polar surface area (TPSA) is 60.7 Å². The molecule has 3 rings (SSSR count). The summed E-state index contributed by atoms with van der Waals surface area (Å²) in [7, 11) is 0. The third-order valence-electron chi connectivity index (χ3n) is 4.04. The number of hydrogen-bond acceptors (Lipinski definition) is 4. The maximum absolute atomic E-state index is 12.8. The molecule has 0 radical (unpaired) electrons. The van der Waals surface area contributed by atoms with Crippen molar-refractivity contribution in [2.24, 2.45) is 4.99 Å². The summed E-state index contributed by atoms with van der Waals surface area (Å²) in [4.78, 5) is 29.5. The highest BCUT2D eigenvalue weighted by Gasteiger charge is 2.36. The summed E-state index contributed by atoms with van der Waals surface area (Å²) >= 11 is 0. The fourth-order valence-corrected chi connectivity index (χ4v) is 3.22. The molecule has 0 saturated heterocycles. The molecule has 0 amide bonds. The molecule has 1 aromatic carbocycles. The van der Waals surface area contributed by atoms with Gasteiger partial charge >= 0.3 is 5.97 Å². The number of ether oxygens (including phenoxy) is 1. The fourth-order valence-electron chi connectivity index (χ4n) is 3.22.